The monoisotopic (exact) mass is 345 g/mol. The van der Waals surface area contributed by atoms with Gasteiger partial charge in [-0.15, -0.1) is 0 Å². The number of nitrogens with zero attached hydrogens (tertiary/aromatic N) is 2. The molecule has 0 unspecified atom stereocenters. The molecule has 1 N–H and O–H groups in total. The summed E-state index contributed by atoms with van der Waals surface area (Å²) in [6.07, 6.45) is 1.95. The lowest BCUT2D eigenvalue weighted by Gasteiger charge is -2.18. The smallest absolute Gasteiger partial charge is 0.331 e. The lowest BCUT2D eigenvalue weighted by Crippen LogP contribution is -2.40. The van der Waals surface area contributed by atoms with E-state index in [1.165, 1.54) is 23.9 Å². The molecule has 1 aliphatic rings. The van der Waals surface area contributed by atoms with Crippen LogP contribution in [0.15, 0.2) is 40.1 Å². The molecule has 2 heterocycles. The number of benzene rings is 1. The Labute approximate surface area is 143 Å². The van der Waals surface area contributed by atoms with Gasteiger partial charge in [0.1, 0.15) is 19.8 Å². The van der Waals surface area contributed by atoms with Crippen LogP contribution in [0.4, 0.5) is 0 Å². The van der Waals surface area contributed by atoms with E-state index >= 15 is 0 Å². The van der Waals surface area contributed by atoms with Crippen molar-refractivity contribution < 1.29 is 14.3 Å². The van der Waals surface area contributed by atoms with E-state index in [4.69, 9.17) is 9.47 Å². The van der Waals surface area contributed by atoms with Crippen LogP contribution in [0.3, 0.4) is 0 Å². The third-order valence-corrected chi connectivity index (χ3v) is 3.92. The minimum absolute atomic E-state index is 0.131. The maximum Gasteiger partial charge on any atom is 0.331 e. The molecule has 0 fully saturated rings. The molecule has 0 radical (unpaired) electrons. The summed E-state index contributed by atoms with van der Waals surface area (Å²) in [7, 11) is 1.38. The lowest BCUT2D eigenvalue weighted by atomic mass is 10.1. The first-order valence-corrected chi connectivity index (χ1v) is 7.96. The number of amides is 1. The number of ether oxygens (including phenoxy) is 2. The van der Waals surface area contributed by atoms with Crippen LogP contribution in [0, 0.1) is 0 Å². The second-order valence-electron chi connectivity index (χ2n) is 5.70. The van der Waals surface area contributed by atoms with Crippen LogP contribution < -0.4 is 26.0 Å². The highest BCUT2D eigenvalue weighted by Gasteiger charge is 2.12. The van der Waals surface area contributed by atoms with Crippen LogP contribution >= 0.6 is 0 Å². The maximum absolute atomic E-state index is 12.0. The minimum Gasteiger partial charge on any atom is -0.486 e. The summed E-state index contributed by atoms with van der Waals surface area (Å²) in [6, 6.07) is 6.94. The van der Waals surface area contributed by atoms with Crippen LogP contribution in [0.1, 0.15) is 5.56 Å². The van der Waals surface area contributed by atoms with Crippen molar-refractivity contribution in [1.29, 1.82) is 0 Å². The van der Waals surface area contributed by atoms with E-state index in [2.05, 4.69) is 5.32 Å². The number of hydrogen-bond donors (Lipinski definition) is 1. The Morgan fingerprint density at radius 3 is 2.72 bits per heavy atom. The summed E-state index contributed by atoms with van der Waals surface area (Å²) in [4.78, 5) is 35.2. The van der Waals surface area contributed by atoms with Gasteiger partial charge in [0.05, 0.1) is 0 Å². The molecule has 0 spiro atoms. The Hall–Kier alpha value is -3.03. The molecule has 0 aliphatic carbocycles. The highest BCUT2D eigenvalue weighted by Crippen LogP contribution is 2.30. The highest BCUT2D eigenvalue weighted by molar-refractivity contribution is 5.75. The number of nitrogens with one attached hydrogen (secondary N) is 1. The van der Waals surface area contributed by atoms with Crippen molar-refractivity contribution in [3.05, 3.63) is 56.9 Å². The zero-order valence-corrected chi connectivity index (χ0v) is 13.9. The molecule has 1 aliphatic heterocycles. The van der Waals surface area contributed by atoms with Gasteiger partial charge in [-0.3, -0.25) is 18.7 Å². The first-order chi connectivity index (χ1) is 12.0. The van der Waals surface area contributed by atoms with E-state index in [0.29, 0.717) is 31.9 Å². The van der Waals surface area contributed by atoms with Gasteiger partial charge in [-0.1, -0.05) is 6.07 Å². The standard InChI is InChI=1S/C17H19N3O5/c1-19-16(22)5-7-20(17(19)23)11-15(21)18-6-4-12-2-3-13-14(10-12)25-9-8-24-13/h2-3,5,7,10H,4,6,8-9,11H2,1H3,(H,18,21). The molecule has 0 bridgehead atoms. The van der Waals surface area contributed by atoms with Gasteiger partial charge in [-0.25, -0.2) is 4.79 Å². The summed E-state index contributed by atoms with van der Waals surface area (Å²) in [5.41, 5.74) is 0.0959. The molecular weight excluding hydrogens is 326 g/mol. The van der Waals surface area contributed by atoms with Gasteiger partial charge < -0.3 is 14.8 Å². The van der Waals surface area contributed by atoms with E-state index in [0.717, 1.165) is 15.9 Å². The van der Waals surface area contributed by atoms with Crippen molar-refractivity contribution in [2.75, 3.05) is 19.8 Å². The quantitative estimate of drug-likeness (QED) is 0.802. The average Bonchev–Trinajstić information content (AvgIpc) is 2.62. The second-order valence-corrected chi connectivity index (χ2v) is 5.70. The number of hydrogen-bond acceptors (Lipinski definition) is 5. The maximum atomic E-state index is 12.0. The van der Waals surface area contributed by atoms with Gasteiger partial charge in [0.15, 0.2) is 11.5 Å². The number of carbonyl (C=O) groups excluding carboxylic acids is 1. The fraction of sp³-hybridized carbons (Fsp3) is 0.353. The Bertz CT molecular complexity index is 900. The van der Waals surface area contributed by atoms with Gasteiger partial charge in [-0.05, 0) is 24.1 Å². The molecule has 1 aromatic heterocycles. The molecule has 3 rings (SSSR count). The average molecular weight is 345 g/mol. The first-order valence-electron chi connectivity index (χ1n) is 7.96. The number of carbonyl (C=O) groups is 1. The number of rotatable bonds is 5. The summed E-state index contributed by atoms with van der Waals surface area (Å²) < 4.78 is 13.1. The Kier molecular flexibility index (Phi) is 4.87. The third-order valence-electron chi connectivity index (χ3n) is 3.92. The normalized spacial score (nSPS) is 12.7. The van der Waals surface area contributed by atoms with Crippen molar-refractivity contribution in [1.82, 2.24) is 14.5 Å². The van der Waals surface area contributed by atoms with Crippen LogP contribution in [0.5, 0.6) is 11.5 Å². The van der Waals surface area contributed by atoms with E-state index in [9.17, 15) is 14.4 Å². The SMILES string of the molecule is Cn1c(=O)ccn(CC(=O)NCCc2ccc3c(c2)OCCO3)c1=O. The van der Waals surface area contributed by atoms with Crippen LogP contribution in [0.25, 0.3) is 0 Å². The minimum atomic E-state index is -0.519. The highest BCUT2D eigenvalue weighted by atomic mass is 16.6. The van der Waals surface area contributed by atoms with Crippen LogP contribution in [0.2, 0.25) is 0 Å². The molecule has 132 valence electrons. The van der Waals surface area contributed by atoms with Crippen LogP contribution in [-0.2, 0) is 24.8 Å². The number of aromatic nitrogens is 2. The Balaban J connectivity index is 1.54. The van der Waals surface area contributed by atoms with Gasteiger partial charge in [0.2, 0.25) is 5.91 Å². The molecule has 0 atom stereocenters. The van der Waals surface area contributed by atoms with E-state index < -0.39 is 11.2 Å². The van der Waals surface area contributed by atoms with E-state index in [1.807, 2.05) is 18.2 Å². The summed E-state index contributed by atoms with van der Waals surface area (Å²) >= 11 is 0. The van der Waals surface area contributed by atoms with Crippen LogP contribution in [-0.4, -0.2) is 34.8 Å². The van der Waals surface area contributed by atoms with Crippen molar-refractivity contribution in [2.45, 2.75) is 13.0 Å². The zero-order valence-electron chi connectivity index (χ0n) is 13.9. The Morgan fingerprint density at radius 2 is 1.92 bits per heavy atom. The Morgan fingerprint density at radius 1 is 1.16 bits per heavy atom. The summed E-state index contributed by atoms with van der Waals surface area (Å²) in [5, 5.41) is 2.76. The van der Waals surface area contributed by atoms with E-state index in [1.54, 1.807) is 0 Å². The fourth-order valence-corrected chi connectivity index (χ4v) is 2.54. The van der Waals surface area contributed by atoms with Crippen molar-refractivity contribution in [3.63, 3.8) is 0 Å². The molecule has 1 amide bonds. The van der Waals surface area contributed by atoms with E-state index in [-0.39, 0.29) is 12.5 Å². The second kappa shape index (κ2) is 7.25. The van der Waals surface area contributed by atoms with Crippen molar-refractivity contribution in [2.24, 2.45) is 7.05 Å². The molecule has 1 aromatic carbocycles. The largest absolute Gasteiger partial charge is 0.486 e. The first kappa shape index (κ1) is 16.8. The molecule has 25 heavy (non-hydrogen) atoms. The van der Waals surface area contributed by atoms with Gasteiger partial charge in [0.25, 0.3) is 5.56 Å². The molecular formula is C17H19N3O5. The van der Waals surface area contributed by atoms with Gasteiger partial charge in [-0.2, -0.15) is 0 Å². The number of fused-ring (bicyclic) bond motifs is 1. The molecule has 0 saturated heterocycles. The van der Waals surface area contributed by atoms with Crippen molar-refractivity contribution >= 4 is 5.91 Å². The van der Waals surface area contributed by atoms with Gasteiger partial charge >= 0.3 is 5.69 Å². The predicted octanol–water partition coefficient (Wildman–Crippen LogP) is -0.323. The molecule has 8 nitrogen and oxygen atoms in total. The topological polar surface area (TPSA) is 91.6 Å². The molecule has 0 saturated carbocycles. The summed E-state index contributed by atoms with van der Waals surface area (Å²) in [5.74, 6) is 1.15. The summed E-state index contributed by atoms with van der Waals surface area (Å²) in [6.45, 7) is 1.38. The lowest BCUT2D eigenvalue weighted by molar-refractivity contribution is -0.121. The zero-order chi connectivity index (χ0) is 17.8. The fourth-order valence-electron chi connectivity index (χ4n) is 2.54. The third kappa shape index (κ3) is 3.90. The van der Waals surface area contributed by atoms with Crippen molar-refractivity contribution in [3.8, 4) is 11.5 Å². The molecule has 2 aromatic rings. The predicted molar refractivity (Wildman–Crippen MR) is 90.1 cm³/mol. The van der Waals surface area contributed by atoms with Gasteiger partial charge in [0, 0.05) is 25.9 Å². The molecule has 8 heteroatoms.